The van der Waals surface area contributed by atoms with Gasteiger partial charge in [0.2, 0.25) is 0 Å². The quantitative estimate of drug-likeness (QED) is 0.638. The maximum Gasteiger partial charge on any atom is 0.157 e. The van der Waals surface area contributed by atoms with Crippen LogP contribution in [-0.2, 0) is 23.3 Å². The van der Waals surface area contributed by atoms with Crippen LogP contribution in [0.1, 0.15) is 11.1 Å². The number of allylic oxidation sites excluding steroid dienone is 1. The van der Waals surface area contributed by atoms with Crippen LogP contribution in [0.2, 0.25) is 5.02 Å². The zero-order valence-electron chi connectivity index (χ0n) is 7.57. The Labute approximate surface area is 90.9 Å². The zero-order valence-corrected chi connectivity index (χ0v) is 9.14. The summed E-state index contributed by atoms with van der Waals surface area (Å²) in [6.07, 6.45) is 2.54. The molecule has 0 saturated heterocycles. The summed E-state index contributed by atoms with van der Waals surface area (Å²) in [5, 5.41) is 0.534. The van der Waals surface area contributed by atoms with Gasteiger partial charge in [-0.2, -0.15) is 0 Å². The summed E-state index contributed by atoms with van der Waals surface area (Å²) in [5.41, 5.74) is 1.75. The molecular weight excluding hydrogens is 220 g/mol. The smallest absolute Gasteiger partial charge is 0.157 e. The van der Waals surface area contributed by atoms with E-state index in [4.69, 9.17) is 16.2 Å². The van der Waals surface area contributed by atoms with Crippen LogP contribution in [0.25, 0.3) is 0 Å². The molecule has 0 aliphatic carbocycles. The molecule has 1 rings (SSSR count). The molecule has 0 radical (unpaired) electrons. The lowest BCUT2D eigenvalue weighted by molar-refractivity contribution is 0.563. The number of halogens is 1. The summed E-state index contributed by atoms with van der Waals surface area (Å²) in [6.45, 7) is 3.62. The van der Waals surface area contributed by atoms with E-state index in [1.807, 2.05) is 6.07 Å². The highest BCUT2D eigenvalue weighted by molar-refractivity contribution is 7.78. The average Bonchev–Trinajstić information content (AvgIpc) is 2.10. The van der Waals surface area contributed by atoms with Gasteiger partial charge in [-0.05, 0) is 23.6 Å². The molecule has 0 fully saturated rings. The summed E-state index contributed by atoms with van der Waals surface area (Å²) in [5.74, 6) is 0.0766. The molecule has 0 amide bonds. The molecule has 1 atom stereocenters. The number of hydrogen-bond acceptors (Lipinski definition) is 1. The highest BCUT2D eigenvalue weighted by atomic mass is 35.5. The van der Waals surface area contributed by atoms with Crippen molar-refractivity contribution in [2.45, 2.75) is 12.2 Å². The van der Waals surface area contributed by atoms with Crippen LogP contribution in [0.15, 0.2) is 30.9 Å². The van der Waals surface area contributed by atoms with Gasteiger partial charge in [0.15, 0.2) is 11.1 Å². The SMILES string of the molecule is C=CCc1ccc(CS(=O)O)c(Cl)c1. The fraction of sp³-hybridized carbons (Fsp3) is 0.200. The number of benzene rings is 1. The van der Waals surface area contributed by atoms with Crippen LogP contribution < -0.4 is 0 Å². The van der Waals surface area contributed by atoms with Gasteiger partial charge in [-0.25, -0.2) is 4.21 Å². The van der Waals surface area contributed by atoms with E-state index in [-0.39, 0.29) is 5.75 Å². The summed E-state index contributed by atoms with van der Waals surface area (Å²) in [6, 6.07) is 5.45. The lowest BCUT2D eigenvalue weighted by Crippen LogP contribution is -1.94. The molecule has 76 valence electrons. The third-order valence-electron chi connectivity index (χ3n) is 1.78. The van der Waals surface area contributed by atoms with E-state index >= 15 is 0 Å². The molecule has 0 spiro atoms. The zero-order chi connectivity index (χ0) is 10.6. The predicted molar refractivity (Wildman–Crippen MR) is 59.8 cm³/mol. The fourth-order valence-electron chi connectivity index (χ4n) is 1.13. The van der Waals surface area contributed by atoms with E-state index < -0.39 is 11.1 Å². The Balaban J connectivity index is 2.89. The molecule has 14 heavy (non-hydrogen) atoms. The number of hydrogen-bond donors (Lipinski definition) is 1. The van der Waals surface area contributed by atoms with Crippen LogP contribution >= 0.6 is 11.6 Å². The van der Waals surface area contributed by atoms with E-state index in [1.165, 1.54) is 0 Å². The minimum Gasteiger partial charge on any atom is -0.306 e. The second-order valence-corrected chi connectivity index (χ2v) is 4.22. The van der Waals surface area contributed by atoms with Crippen molar-refractivity contribution >= 4 is 22.7 Å². The molecule has 0 aliphatic heterocycles. The third kappa shape index (κ3) is 3.25. The average molecular weight is 231 g/mol. The van der Waals surface area contributed by atoms with Crippen LogP contribution in [0.4, 0.5) is 0 Å². The van der Waals surface area contributed by atoms with Gasteiger partial charge in [-0.15, -0.1) is 6.58 Å². The van der Waals surface area contributed by atoms with Crippen molar-refractivity contribution in [1.82, 2.24) is 0 Å². The maximum absolute atomic E-state index is 10.6. The number of rotatable bonds is 4. The van der Waals surface area contributed by atoms with Crippen molar-refractivity contribution in [3.05, 3.63) is 47.0 Å². The van der Waals surface area contributed by atoms with Crippen molar-refractivity contribution in [2.75, 3.05) is 0 Å². The first kappa shape index (κ1) is 11.4. The highest BCUT2D eigenvalue weighted by Crippen LogP contribution is 2.19. The van der Waals surface area contributed by atoms with Crippen molar-refractivity contribution in [1.29, 1.82) is 0 Å². The van der Waals surface area contributed by atoms with Gasteiger partial charge in [0.1, 0.15) is 0 Å². The van der Waals surface area contributed by atoms with Crippen LogP contribution in [0.3, 0.4) is 0 Å². The summed E-state index contributed by atoms with van der Waals surface area (Å²) in [4.78, 5) is 0. The highest BCUT2D eigenvalue weighted by Gasteiger charge is 2.04. The fourth-order valence-corrected chi connectivity index (χ4v) is 2.00. The lowest BCUT2D eigenvalue weighted by atomic mass is 10.1. The molecule has 1 unspecified atom stereocenters. The predicted octanol–water partition coefficient (Wildman–Crippen LogP) is 2.79. The Hall–Kier alpha value is -0.640. The van der Waals surface area contributed by atoms with Gasteiger partial charge >= 0.3 is 0 Å². The van der Waals surface area contributed by atoms with Crippen LogP contribution in [0, 0.1) is 0 Å². The van der Waals surface area contributed by atoms with Gasteiger partial charge in [0.05, 0.1) is 5.75 Å². The minimum atomic E-state index is -1.84. The molecule has 4 heteroatoms. The lowest BCUT2D eigenvalue weighted by Gasteiger charge is -2.03. The molecule has 0 aromatic heterocycles. The molecule has 1 N–H and O–H groups in total. The third-order valence-corrected chi connectivity index (χ3v) is 2.69. The van der Waals surface area contributed by atoms with E-state index in [1.54, 1.807) is 18.2 Å². The van der Waals surface area contributed by atoms with Gasteiger partial charge in [-0.3, -0.25) is 0 Å². The largest absolute Gasteiger partial charge is 0.306 e. The van der Waals surface area contributed by atoms with Gasteiger partial charge in [-0.1, -0.05) is 29.8 Å². The van der Waals surface area contributed by atoms with Crippen molar-refractivity contribution in [3.63, 3.8) is 0 Å². The Morgan fingerprint density at radius 3 is 2.79 bits per heavy atom. The second kappa shape index (κ2) is 5.29. The first-order valence-electron chi connectivity index (χ1n) is 4.09. The normalized spacial score (nSPS) is 12.4. The topological polar surface area (TPSA) is 37.3 Å². The minimum absolute atomic E-state index is 0.0766. The molecule has 0 aliphatic rings. The van der Waals surface area contributed by atoms with Gasteiger partial charge in [0.25, 0.3) is 0 Å². The van der Waals surface area contributed by atoms with E-state index in [0.29, 0.717) is 10.6 Å². The Kier molecular flexibility index (Phi) is 4.32. The molecule has 0 heterocycles. The van der Waals surface area contributed by atoms with E-state index in [2.05, 4.69) is 6.58 Å². The molecule has 2 nitrogen and oxygen atoms in total. The van der Waals surface area contributed by atoms with Crippen molar-refractivity contribution < 1.29 is 8.76 Å². The standard InChI is InChI=1S/C10H11ClO2S/c1-2-3-8-4-5-9(7-14(12)13)10(11)6-8/h2,4-6H,1,3,7H2,(H,12,13). The molecule has 1 aromatic carbocycles. The first-order valence-corrected chi connectivity index (χ1v) is 5.74. The maximum atomic E-state index is 10.6. The molecular formula is C10H11ClO2S. The van der Waals surface area contributed by atoms with Crippen LogP contribution in [-0.4, -0.2) is 8.76 Å². The molecule has 0 saturated carbocycles. The Bertz CT molecular complexity index is 363. The molecule has 1 aromatic rings. The van der Waals surface area contributed by atoms with E-state index in [9.17, 15) is 4.21 Å². The summed E-state index contributed by atoms with van der Waals surface area (Å²) < 4.78 is 19.3. The first-order chi connectivity index (χ1) is 6.63. The van der Waals surface area contributed by atoms with E-state index in [0.717, 1.165) is 12.0 Å². The summed E-state index contributed by atoms with van der Waals surface area (Å²) in [7, 11) is 0. The summed E-state index contributed by atoms with van der Waals surface area (Å²) >= 11 is 4.09. The van der Waals surface area contributed by atoms with Gasteiger partial charge in [0, 0.05) is 5.02 Å². The Morgan fingerprint density at radius 1 is 1.57 bits per heavy atom. The monoisotopic (exact) mass is 230 g/mol. The van der Waals surface area contributed by atoms with Crippen molar-refractivity contribution in [3.8, 4) is 0 Å². The molecule has 0 bridgehead atoms. The van der Waals surface area contributed by atoms with Crippen LogP contribution in [0.5, 0.6) is 0 Å². The Morgan fingerprint density at radius 2 is 2.29 bits per heavy atom. The van der Waals surface area contributed by atoms with Crippen molar-refractivity contribution in [2.24, 2.45) is 0 Å². The second-order valence-electron chi connectivity index (χ2n) is 2.88. The van der Waals surface area contributed by atoms with Gasteiger partial charge < -0.3 is 4.55 Å².